The Morgan fingerprint density at radius 1 is 1.00 bits per heavy atom. The van der Waals surface area contributed by atoms with E-state index in [1.165, 1.54) is 11.8 Å². The summed E-state index contributed by atoms with van der Waals surface area (Å²) in [5.74, 6) is 1.49. The number of benzene rings is 2. The molecule has 6 nitrogen and oxygen atoms in total. The van der Waals surface area contributed by atoms with Crippen molar-refractivity contribution in [2.45, 2.75) is 19.9 Å². The minimum Gasteiger partial charge on any atom is -0.497 e. The van der Waals surface area contributed by atoms with Gasteiger partial charge in [0, 0.05) is 11.3 Å². The van der Waals surface area contributed by atoms with E-state index in [-0.39, 0.29) is 29.4 Å². The van der Waals surface area contributed by atoms with E-state index in [1.54, 1.807) is 26.4 Å². The van der Waals surface area contributed by atoms with Crippen LogP contribution < -0.4 is 20.1 Å². The summed E-state index contributed by atoms with van der Waals surface area (Å²) in [6.45, 7) is 3.87. The number of ether oxygens (including phenoxy) is 2. The Morgan fingerprint density at radius 3 is 2.32 bits per heavy atom. The first-order valence-corrected chi connectivity index (χ1v) is 10.0. The minimum atomic E-state index is -0.250. The molecule has 0 saturated carbocycles. The van der Waals surface area contributed by atoms with Crippen molar-refractivity contribution in [1.82, 2.24) is 5.32 Å². The molecule has 1 unspecified atom stereocenters. The van der Waals surface area contributed by atoms with Gasteiger partial charge in [-0.25, -0.2) is 0 Å². The fraction of sp³-hybridized carbons (Fsp3) is 0.333. The van der Waals surface area contributed by atoms with Crippen molar-refractivity contribution in [2.75, 3.05) is 31.0 Å². The van der Waals surface area contributed by atoms with Gasteiger partial charge in [-0.3, -0.25) is 9.59 Å². The zero-order chi connectivity index (χ0) is 20.5. The minimum absolute atomic E-state index is 0.135. The number of carbonyl (C=O) groups is 2. The number of hydrogen-bond acceptors (Lipinski definition) is 5. The second-order valence-electron chi connectivity index (χ2n) is 6.30. The molecule has 2 rings (SSSR count). The number of rotatable bonds is 9. The Labute approximate surface area is 170 Å². The maximum atomic E-state index is 12.2. The molecule has 150 valence electrons. The van der Waals surface area contributed by atoms with E-state index >= 15 is 0 Å². The molecule has 0 heterocycles. The highest BCUT2D eigenvalue weighted by molar-refractivity contribution is 8.00. The van der Waals surface area contributed by atoms with Crippen LogP contribution in [-0.4, -0.2) is 37.5 Å². The van der Waals surface area contributed by atoms with Gasteiger partial charge in [0.25, 0.3) is 0 Å². The van der Waals surface area contributed by atoms with E-state index in [4.69, 9.17) is 9.47 Å². The van der Waals surface area contributed by atoms with Gasteiger partial charge in [0.05, 0.1) is 31.8 Å². The topological polar surface area (TPSA) is 76.7 Å². The lowest BCUT2D eigenvalue weighted by Gasteiger charge is -2.18. The molecule has 28 heavy (non-hydrogen) atoms. The summed E-state index contributed by atoms with van der Waals surface area (Å²) in [5.41, 5.74) is 2.71. The van der Waals surface area contributed by atoms with Crippen molar-refractivity contribution >= 4 is 29.3 Å². The van der Waals surface area contributed by atoms with Crippen molar-refractivity contribution in [2.24, 2.45) is 0 Å². The monoisotopic (exact) mass is 402 g/mol. The maximum Gasteiger partial charge on any atom is 0.234 e. The second-order valence-corrected chi connectivity index (χ2v) is 7.29. The normalized spacial score (nSPS) is 11.4. The number of aryl methyl sites for hydroxylation is 1. The zero-order valence-electron chi connectivity index (χ0n) is 16.6. The predicted octanol–water partition coefficient (Wildman–Crippen LogP) is 3.56. The number of amides is 2. The van der Waals surface area contributed by atoms with Gasteiger partial charge in [0.15, 0.2) is 0 Å². The highest BCUT2D eigenvalue weighted by Crippen LogP contribution is 2.29. The number of carbonyl (C=O) groups excluding carboxylic acids is 2. The molecule has 0 spiro atoms. The van der Waals surface area contributed by atoms with E-state index < -0.39 is 0 Å². The van der Waals surface area contributed by atoms with E-state index in [0.717, 1.165) is 16.8 Å². The van der Waals surface area contributed by atoms with Crippen LogP contribution in [0.25, 0.3) is 0 Å². The lowest BCUT2D eigenvalue weighted by Crippen LogP contribution is -2.29. The lowest BCUT2D eigenvalue weighted by molar-refractivity contribution is -0.119. The quantitative estimate of drug-likeness (QED) is 0.671. The molecular formula is C21H26N2O4S. The van der Waals surface area contributed by atoms with Crippen LogP contribution in [0.4, 0.5) is 5.69 Å². The predicted molar refractivity (Wildman–Crippen MR) is 113 cm³/mol. The van der Waals surface area contributed by atoms with Gasteiger partial charge >= 0.3 is 0 Å². The molecule has 0 aliphatic rings. The van der Waals surface area contributed by atoms with Crippen LogP contribution in [0.15, 0.2) is 42.5 Å². The van der Waals surface area contributed by atoms with Crippen LogP contribution in [0.5, 0.6) is 11.5 Å². The van der Waals surface area contributed by atoms with E-state index in [0.29, 0.717) is 11.5 Å². The standard InChI is InChI=1S/C21H26N2O4S/c1-14-5-7-16(8-6-14)23-21(25)13-28-12-20(24)22-15(2)18-11-17(26-3)9-10-19(18)27-4/h5-11,15H,12-13H2,1-4H3,(H,22,24)(H,23,25). The molecule has 0 saturated heterocycles. The summed E-state index contributed by atoms with van der Waals surface area (Å²) in [6, 6.07) is 12.8. The summed E-state index contributed by atoms with van der Waals surface area (Å²) >= 11 is 1.27. The summed E-state index contributed by atoms with van der Waals surface area (Å²) in [4.78, 5) is 24.2. The van der Waals surface area contributed by atoms with Gasteiger partial charge in [-0.15, -0.1) is 11.8 Å². The molecule has 0 aliphatic carbocycles. The van der Waals surface area contributed by atoms with Crippen LogP contribution in [0.1, 0.15) is 24.1 Å². The van der Waals surface area contributed by atoms with Crippen LogP contribution in [0.3, 0.4) is 0 Å². The fourth-order valence-electron chi connectivity index (χ4n) is 2.61. The van der Waals surface area contributed by atoms with Crippen molar-refractivity contribution in [3.63, 3.8) is 0 Å². The van der Waals surface area contributed by atoms with Gasteiger partial charge in [0.2, 0.25) is 11.8 Å². The summed E-state index contributed by atoms with van der Waals surface area (Å²) in [7, 11) is 3.18. The first kappa shape index (κ1) is 21.6. The first-order chi connectivity index (χ1) is 13.4. The molecule has 0 fully saturated rings. The fourth-order valence-corrected chi connectivity index (χ4v) is 3.24. The molecule has 7 heteroatoms. The van der Waals surface area contributed by atoms with Crippen LogP contribution in [-0.2, 0) is 9.59 Å². The number of hydrogen-bond donors (Lipinski definition) is 2. The van der Waals surface area contributed by atoms with Gasteiger partial charge in [-0.1, -0.05) is 17.7 Å². The van der Waals surface area contributed by atoms with Crippen molar-refractivity contribution < 1.29 is 19.1 Å². The average Bonchev–Trinajstić information content (AvgIpc) is 2.69. The van der Waals surface area contributed by atoms with Gasteiger partial charge in [-0.2, -0.15) is 0 Å². The molecule has 1 atom stereocenters. The Kier molecular flexibility index (Phi) is 8.19. The zero-order valence-corrected chi connectivity index (χ0v) is 17.4. The summed E-state index contributed by atoms with van der Waals surface area (Å²) in [6.07, 6.45) is 0. The van der Waals surface area contributed by atoms with Crippen LogP contribution in [0, 0.1) is 6.92 Å². The van der Waals surface area contributed by atoms with E-state index in [2.05, 4.69) is 10.6 Å². The van der Waals surface area contributed by atoms with Gasteiger partial charge < -0.3 is 20.1 Å². The van der Waals surface area contributed by atoms with Crippen LogP contribution >= 0.6 is 11.8 Å². The largest absolute Gasteiger partial charge is 0.497 e. The van der Waals surface area contributed by atoms with Crippen LogP contribution in [0.2, 0.25) is 0 Å². The summed E-state index contributed by atoms with van der Waals surface area (Å²) in [5, 5.41) is 5.74. The smallest absolute Gasteiger partial charge is 0.234 e. The molecule has 0 aliphatic heterocycles. The Hall–Kier alpha value is -2.67. The van der Waals surface area contributed by atoms with E-state index in [9.17, 15) is 9.59 Å². The van der Waals surface area contributed by atoms with Gasteiger partial charge in [0.1, 0.15) is 11.5 Å². The Bertz CT molecular complexity index is 809. The highest BCUT2D eigenvalue weighted by Gasteiger charge is 2.15. The number of thioether (sulfide) groups is 1. The Morgan fingerprint density at radius 2 is 1.68 bits per heavy atom. The molecule has 0 bridgehead atoms. The summed E-state index contributed by atoms with van der Waals surface area (Å²) < 4.78 is 10.6. The third-order valence-corrected chi connectivity index (χ3v) is 5.02. The maximum absolute atomic E-state index is 12.2. The molecule has 0 aromatic heterocycles. The molecule has 2 N–H and O–H groups in total. The SMILES string of the molecule is COc1ccc(OC)c(C(C)NC(=O)CSCC(=O)Nc2ccc(C)cc2)c1. The highest BCUT2D eigenvalue weighted by atomic mass is 32.2. The third kappa shape index (κ3) is 6.49. The average molecular weight is 403 g/mol. The lowest BCUT2D eigenvalue weighted by atomic mass is 10.1. The van der Waals surface area contributed by atoms with Crippen molar-refractivity contribution in [3.05, 3.63) is 53.6 Å². The molecule has 2 aromatic carbocycles. The Balaban J connectivity index is 1.80. The van der Waals surface area contributed by atoms with Crippen molar-refractivity contribution in [1.29, 1.82) is 0 Å². The molecular weight excluding hydrogens is 376 g/mol. The third-order valence-electron chi connectivity index (χ3n) is 4.08. The number of methoxy groups -OCH3 is 2. The molecule has 2 aromatic rings. The van der Waals surface area contributed by atoms with Crippen molar-refractivity contribution in [3.8, 4) is 11.5 Å². The second kappa shape index (κ2) is 10.6. The van der Waals surface area contributed by atoms with Gasteiger partial charge in [-0.05, 0) is 44.2 Å². The molecule has 2 amide bonds. The first-order valence-electron chi connectivity index (χ1n) is 8.88. The van der Waals surface area contributed by atoms with E-state index in [1.807, 2.05) is 44.2 Å². The molecule has 0 radical (unpaired) electrons. The number of anilines is 1. The number of nitrogens with one attached hydrogen (secondary N) is 2.